The van der Waals surface area contributed by atoms with Crippen molar-refractivity contribution in [2.75, 3.05) is 12.4 Å². The van der Waals surface area contributed by atoms with Gasteiger partial charge < -0.3 is 10.1 Å². The molecule has 0 radical (unpaired) electrons. The van der Waals surface area contributed by atoms with Gasteiger partial charge in [-0.15, -0.1) is 0 Å². The number of esters is 1. The molecule has 0 bridgehead atoms. The van der Waals surface area contributed by atoms with Crippen molar-refractivity contribution < 1.29 is 14.3 Å². The van der Waals surface area contributed by atoms with Crippen LogP contribution in [-0.4, -0.2) is 19.0 Å². The van der Waals surface area contributed by atoms with Crippen LogP contribution in [0.4, 0.5) is 5.69 Å². The normalized spacial score (nSPS) is 16.0. The molecule has 21 heavy (non-hydrogen) atoms. The number of anilines is 1. The number of carbonyl (C=O) groups excluding carboxylic acids is 2. The van der Waals surface area contributed by atoms with E-state index in [-0.39, 0.29) is 5.91 Å². The molecular formula is C16H18N2O3. The molecule has 5 nitrogen and oxygen atoms in total. The summed E-state index contributed by atoms with van der Waals surface area (Å²) in [6, 6.07) is 7.21. The summed E-state index contributed by atoms with van der Waals surface area (Å²) in [5, 5.41) is 12.1. The molecule has 0 spiro atoms. The highest BCUT2D eigenvalue weighted by Gasteiger charge is 2.41. The Labute approximate surface area is 123 Å². The summed E-state index contributed by atoms with van der Waals surface area (Å²) in [4.78, 5) is 24.1. The van der Waals surface area contributed by atoms with E-state index >= 15 is 0 Å². The van der Waals surface area contributed by atoms with E-state index < -0.39 is 11.4 Å². The Morgan fingerprint density at radius 3 is 2.57 bits per heavy atom. The molecule has 1 amide bonds. The third-order valence-electron chi connectivity index (χ3n) is 4.09. The van der Waals surface area contributed by atoms with Crippen LogP contribution in [0.2, 0.25) is 0 Å². The van der Waals surface area contributed by atoms with E-state index in [9.17, 15) is 14.9 Å². The minimum absolute atomic E-state index is 0.285. The Kier molecular flexibility index (Phi) is 4.27. The molecule has 0 aromatic heterocycles. The van der Waals surface area contributed by atoms with Crippen LogP contribution in [-0.2, 0) is 9.53 Å². The molecule has 0 atom stereocenters. The largest absolute Gasteiger partial charge is 0.465 e. The summed E-state index contributed by atoms with van der Waals surface area (Å²) in [5.74, 6) is -0.730. The summed E-state index contributed by atoms with van der Waals surface area (Å²) in [6.45, 7) is 1.75. The smallest absolute Gasteiger partial charge is 0.338 e. The number of benzene rings is 1. The van der Waals surface area contributed by atoms with Gasteiger partial charge in [0.2, 0.25) is 5.91 Å². The second-order valence-electron chi connectivity index (χ2n) is 5.32. The highest BCUT2D eigenvalue weighted by Crippen LogP contribution is 2.38. The molecule has 110 valence electrons. The molecule has 2 rings (SSSR count). The summed E-state index contributed by atoms with van der Waals surface area (Å²) >= 11 is 0. The summed E-state index contributed by atoms with van der Waals surface area (Å²) < 4.78 is 4.71. The first-order chi connectivity index (χ1) is 10.0. The van der Waals surface area contributed by atoms with E-state index in [2.05, 4.69) is 11.4 Å². The standard InChI is InChI=1S/C16H18N2O3/c1-11-12(14(19)21-2)6-5-7-13(11)18-15(20)16(10-17)8-3-4-9-16/h5-7H,3-4,8-9H2,1-2H3,(H,18,20). The third-order valence-corrected chi connectivity index (χ3v) is 4.09. The minimum atomic E-state index is -0.937. The zero-order chi connectivity index (χ0) is 15.5. The van der Waals surface area contributed by atoms with Crippen LogP contribution in [0.3, 0.4) is 0 Å². The Hall–Kier alpha value is -2.35. The van der Waals surface area contributed by atoms with E-state index in [4.69, 9.17) is 4.74 Å². The lowest BCUT2D eigenvalue weighted by atomic mass is 9.87. The van der Waals surface area contributed by atoms with Crippen molar-refractivity contribution in [1.82, 2.24) is 0 Å². The van der Waals surface area contributed by atoms with Crippen molar-refractivity contribution in [2.45, 2.75) is 32.6 Å². The number of methoxy groups -OCH3 is 1. The Bertz CT molecular complexity index is 610. The number of nitriles is 1. The fourth-order valence-electron chi connectivity index (χ4n) is 2.71. The summed E-state index contributed by atoms with van der Waals surface area (Å²) in [5.41, 5.74) is 0.661. The second kappa shape index (κ2) is 5.96. The third kappa shape index (κ3) is 2.75. The molecular weight excluding hydrogens is 268 g/mol. The van der Waals surface area contributed by atoms with Crippen molar-refractivity contribution in [1.29, 1.82) is 5.26 Å². The van der Waals surface area contributed by atoms with Crippen molar-refractivity contribution in [2.24, 2.45) is 5.41 Å². The van der Waals surface area contributed by atoms with Gasteiger partial charge in [0.05, 0.1) is 18.7 Å². The van der Waals surface area contributed by atoms with E-state index in [1.54, 1.807) is 25.1 Å². The fraction of sp³-hybridized carbons (Fsp3) is 0.438. The van der Waals surface area contributed by atoms with Gasteiger partial charge in [0, 0.05) is 5.69 Å². The first-order valence-corrected chi connectivity index (χ1v) is 6.95. The molecule has 1 N–H and O–H groups in total. The van der Waals surface area contributed by atoms with Crippen LogP contribution in [0.15, 0.2) is 18.2 Å². The zero-order valence-electron chi connectivity index (χ0n) is 12.2. The van der Waals surface area contributed by atoms with E-state index in [1.165, 1.54) is 7.11 Å². The van der Waals surface area contributed by atoms with E-state index in [0.29, 0.717) is 29.7 Å². The number of rotatable bonds is 3. The van der Waals surface area contributed by atoms with Gasteiger partial charge in [0.1, 0.15) is 5.41 Å². The molecule has 1 saturated carbocycles. The molecule has 1 fully saturated rings. The Morgan fingerprint density at radius 1 is 1.33 bits per heavy atom. The molecule has 0 aliphatic heterocycles. The van der Waals surface area contributed by atoms with Gasteiger partial charge in [0.15, 0.2) is 0 Å². The number of hydrogen-bond donors (Lipinski definition) is 1. The highest BCUT2D eigenvalue weighted by molar-refractivity contribution is 6.00. The van der Waals surface area contributed by atoms with Crippen molar-refractivity contribution in [3.05, 3.63) is 29.3 Å². The van der Waals surface area contributed by atoms with Crippen LogP contribution >= 0.6 is 0 Å². The zero-order valence-corrected chi connectivity index (χ0v) is 12.2. The molecule has 1 aromatic rings. The van der Waals surface area contributed by atoms with Gasteiger partial charge in [-0.3, -0.25) is 4.79 Å². The van der Waals surface area contributed by atoms with Gasteiger partial charge in [-0.1, -0.05) is 18.9 Å². The lowest BCUT2D eigenvalue weighted by Gasteiger charge is -2.20. The maximum atomic E-state index is 12.4. The molecule has 0 heterocycles. The first kappa shape index (κ1) is 15.0. The monoisotopic (exact) mass is 286 g/mol. The molecule has 5 heteroatoms. The number of nitrogens with zero attached hydrogens (tertiary/aromatic N) is 1. The van der Waals surface area contributed by atoms with Gasteiger partial charge in [-0.2, -0.15) is 5.26 Å². The quantitative estimate of drug-likeness (QED) is 0.866. The SMILES string of the molecule is COC(=O)c1cccc(NC(=O)C2(C#N)CCCC2)c1C. The van der Waals surface area contributed by atoms with E-state index in [0.717, 1.165) is 12.8 Å². The van der Waals surface area contributed by atoms with Crippen molar-refractivity contribution in [3.63, 3.8) is 0 Å². The predicted octanol–water partition coefficient (Wildman–Crippen LogP) is 2.80. The van der Waals surface area contributed by atoms with Crippen LogP contribution in [0.5, 0.6) is 0 Å². The molecule has 1 aromatic carbocycles. The highest BCUT2D eigenvalue weighted by atomic mass is 16.5. The number of hydrogen-bond acceptors (Lipinski definition) is 4. The van der Waals surface area contributed by atoms with Gasteiger partial charge >= 0.3 is 5.97 Å². The Balaban J connectivity index is 2.26. The number of nitrogens with one attached hydrogen (secondary N) is 1. The second-order valence-corrected chi connectivity index (χ2v) is 5.32. The molecule has 1 aliphatic rings. The van der Waals surface area contributed by atoms with Gasteiger partial charge in [-0.05, 0) is 37.5 Å². The topological polar surface area (TPSA) is 79.2 Å². The molecule has 0 unspecified atom stereocenters. The van der Waals surface area contributed by atoms with Gasteiger partial charge in [-0.25, -0.2) is 4.79 Å². The van der Waals surface area contributed by atoms with Crippen LogP contribution in [0.1, 0.15) is 41.6 Å². The first-order valence-electron chi connectivity index (χ1n) is 6.95. The van der Waals surface area contributed by atoms with Gasteiger partial charge in [0.25, 0.3) is 0 Å². The van der Waals surface area contributed by atoms with Crippen LogP contribution in [0.25, 0.3) is 0 Å². The Morgan fingerprint density at radius 2 is 2.00 bits per heavy atom. The van der Waals surface area contributed by atoms with Crippen molar-refractivity contribution >= 4 is 17.6 Å². The minimum Gasteiger partial charge on any atom is -0.465 e. The maximum Gasteiger partial charge on any atom is 0.338 e. The fourth-order valence-corrected chi connectivity index (χ4v) is 2.71. The summed E-state index contributed by atoms with van der Waals surface area (Å²) in [6.07, 6.45) is 2.96. The van der Waals surface area contributed by atoms with Crippen molar-refractivity contribution in [3.8, 4) is 6.07 Å². The lowest BCUT2D eigenvalue weighted by Crippen LogP contribution is -2.32. The number of ether oxygens (including phenoxy) is 1. The predicted molar refractivity (Wildman–Crippen MR) is 77.7 cm³/mol. The lowest BCUT2D eigenvalue weighted by molar-refractivity contribution is -0.122. The molecule has 0 saturated heterocycles. The average Bonchev–Trinajstić information content (AvgIpc) is 2.98. The summed E-state index contributed by atoms with van der Waals surface area (Å²) in [7, 11) is 1.32. The number of amides is 1. The van der Waals surface area contributed by atoms with E-state index in [1.807, 2.05) is 0 Å². The average molecular weight is 286 g/mol. The number of carbonyl (C=O) groups is 2. The van der Waals surface area contributed by atoms with Crippen LogP contribution in [0, 0.1) is 23.7 Å². The molecule has 1 aliphatic carbocycles. The maximum absolute atomic E-state index is 12.4. The van der Waals surface area contributed by atoms with Crippen LogP contribution < -0.4 is 5.32 Å².